The van der Waals surface area contributed by atoms with Gasteiger partial charge in [0.2, 0.25) is 0 Å². The smallest absolute Gasteiger partial charge is 0.262 e. The number of hydrogen-bond acceptors (Lipinski definition) is 3. The van der Waals surface area contributed by atoms with E-state index in [1.165, 1.54) is 12.1 Å². The lowest BCUT2D eigenvalue weighted by molar-refractivity contribution is 0.547. The first kappa shape index (κ1) is 14.9. The van der Waals surface area contributed by atoms with Crippen LogP contribution < -0.4 is 4.72 Å². The zero-order chi connectivity index (χ0) is 15.6. The van der Waals surface area contributed by atoms with Gasteiger partial charge in [0.1, 0.15) is 11.5 Å². The zero-order valence-electron chi connectivity index (χ0n) is 10.3. The minimum absolute atomic E-state index is 0.230. The van der Waals surface area contributed by atoms with Crippen molar-refractivity contribution in [3.63, 3.8) is 0 Å². The molecule has 0 saturated heterocycles. The van der Waals surface area contributed by atoms with Crippen LogP contribution in [0.15, 0.2) is 41.3 Å². The van der Waals surface area contributed by atoms with Crippen molar-refractivity contribution in [3.8, 4) is 6.07 Å². The molecule has 1 N–H and O–H groups in total. The van der Waals surface area contributed by atoms with Crippen molar-refractivity contribution in [2.24, 2.45) is 0 Å². The highest BCUT2D eigenvalue weighted by Crippen LogP contribution is 2.23. The number of benzene rings is 2. The molecule has 0 radical (unpaired) electrons. The standard InChI is InChI=1S/C13H7F3N2O2S/c14-9-5-11(15)13(12(16)6-9)18-21(19,20)10-3-1-8(7-17)2-4-10/h1-6,18H. The van der Waals surface area contributed by atoms with Crippen molar-refractivity contribution >= 4 is 15.7 Å². The van der Waals surface area contributed by atoms with Gasteiger partial charge in [0.25, 0.3) is 10.0 Å². The highest BCUT2D eigenvalue weighted by atomic mass is 32.2. The van der Waals surface area contributed by atoms with E-state index in [1.807, 2.05) is 0 Å². The Labute approximate surface area is 118 Å². The van der Waals surface area contributed by atoms with Gasteiger partial charge in [-0.2, -0.15) is 5.26 Å². The summed E-state index contributed by atoms with van der Waals surface area (Å²) in [5, 5.41) is 8.62. The maximum Gasteiger partial charge on any atom is 0.262 e. The Kier molecular flexibility index (Phi) is 3.86. The molecule has 8 heteroatoms. The minimum Gasteiger partial charge on any atom is -0.274 e. The van der Waals surface area contributed by atoms with Crippen LogP contribution in [-0.2, 0) is 10.0 Å². The van der Waals surface area contributed by atoms with Crippen LogP contribution in [0.4, 0.5) is 18.9 Å². The van der Waals surface area contributed by atoms with Gasteiger partial charge in [-0.1, -0.05) is 0 Å². The molecule has 0 unspecified atom stereocenters. The van der Waals surface area contributed by atoms with E-state index in [0.717, 1.165) is 12.1 Å². The van der Waals surface area contributed by atoms with E-state index in [1.54, 1.807) is 10.8 Å². The van der Waals surface area contributed by atoms with Gasteiger partial charge in [-0.3, -0.25) is 4.72 Å². The van der Waals surface area contributed by atoms with Gasteiger partial charge in [0.05, 0.1) is 16.5 Å². The van der Waals surface area contributed by atoms with Gasteiger partial charge in [-0.25, -0.2) is 21.6 Å². The zero-order valence-corrected chi connectivity index (χ0v) is 11.1. The second-order valence-electron chi connectivity index (χ2n) is 3.99. The van der Waals surface area contributed by atoms with Crippen LogP contribution in [-0.4, -0.2) is 8.42 Å². The van der Waals surface area contributed by atoms with Crippen molar-refractivity contribution in [2.75, 3.05) is 4.72 Å². The monoisotopic (exact) mass is 312 g/mol. The molecular formula is C13H7F3N2O2S. The Morgan fingerprint density at radius 1 is 1.00 bits per heavy atom. The Bertz CT molecular complexity index is 804. The molecule has 0 atom stereocenters. The molecule has 0 fully saturated rings. The highest BCUT2D eigenvalue weighted by molar-refractivity contribution is 7.92. The average molecular weight is 312 g/mol. The second-order valence-corrected chi connectivity index (χ2v) is 5.67. The predicted molar refractivity (Wildman–Crippen MR) is 68.3 cm³/mol. The van der Waals surface area contributed by atoms with E-state index >= 15 is 0 Å². The first-order valence-electron chi connectivity index (χ1n) is 5.51. The number of nitriles is 1. The first-order valence-corrected chi connectivity index (χ1v) is 6.99. The second kappa shape index (κ2) is 5.46. The molecule has 2 rings (SSSR count). The van der Waals surface area contributed by atoms with Crippen molar-refractivity contribution in [2.45, 2.75) is 4.90 Å². The molecule has 0 aliphatic heterocycles. The quantitative estimate of drug-likeness (QED) is 0.947. The normalized spacial score (nSPS) is 11.0. The lowest BCUT2D eigenvalue weighted by atomic mass is 10.2. The van der Waals surface area contributed by atoms with Crippen LogP contribution in [0.3, 0.4) is 0 Å². The molecule has 21 heavy (non-hydrogen) atoms. The fourth-order valence-corrected chi connectivity index (χ4v) is 2.62. The Morgan fingerprint density at radius 3 is 2.00 bits per heavy atom. The molecule has 2 aromatic carbocycles. The number of nitrogens with zero attached hydrogens (tertiary/aromatic N) is 1. The SMILES string of the molecule is N#Cc1ccc(S(=O)(=O)Nc2c(F)cc(F)cc2F)cc1. The van der Waals surface area contributed by atoms with Crippen LogP contribution in [0.25, 0.3) is 0 Å². The molecule has 0 heterocycles. The average Bonchev–Trinajstić information content (AvgIpc) is 2.43. The summed E-state index contributed by atoms with van der Waals surface area (Å²) in [5.41, 5.74) is -0.742. The Hall–Kier alpha value is -2.53. The van der Waals surface area contributed by atoms with E-state index in [0.29, 0.717) is 12.1 Å². The maximum atomic E-state index is 13.4. The molecule has 0 spiro atoms. The van der Waals surface area contributed by atoms with E-state index in [9.17, 15) is 21.6 Å². The summed E-state index contributed by atoms with van der Waals surface area (Å²) in [6.45, 7) is 0. The third kappa shape index (κ3) is 3.14. The van der Waals surface area contributed by atoms with E-state index in [4.69, 9.17) is 5.26 Å². The minimum atomic E-state index is -4.26. The van der Waals surface area contributed by atoms with Crippen molar-refractivity contribution in [3.05, 3.63) is 59.4 Å². The van der Waals surface area contributed by atoms with Gasteiger partial charge < -0.3 is 0 Å². The van der Waals surface area contributed by atoms with E-state index in [-0.39, 0.29) is 10.5 Å². The number of rotatable bonds is 3. The summed E-state index contributed by atoms with van der Waals surface area (Å²) in [4.78, 5) is -0.287. The summed E-state index contributed by atoms with van der Waals surface area (Å²) in [7, 11) is -4.26. The fourth-order valence-electron chi connectivity index (χ4n) is 1.54. The van der Waals surface area contributed by atoms with Crippen molar-refractivity contribution in [1.82, 2.24) is 0 Å². The Morgan fingerprint density at radius 2 is 1.52 bits per heavy atom. The lowest BCUT2D eigenvalue weighted by Crippen LogP contribution is -2.15. The summed E-state index contributed by atoms with van der Waals surface area (Å²) < 4.78 is 65.3. The fraction of sp³-hybridized carbons (Fsp3) is 0. The number of anilines is 1. The lowest BCUT2D eigenvalue weighted by Gasteiger charge is -2.10. The van der Waals surface area contributed by atoms with Gasteiger partial charge in [-0.15, -0.1) is 0 Å². The topological polar surface area (TPSA) is 70.0 Å². The summed E-state index contributed by atoms with van der Waals surface area (Å²) in [5.74, 6) is -3.90. The molecule has 108 valence electrons. The molecule has 2 aromatic rings. The van der Waals surface area contributed by atoms with Gasteiger partial charge in [-0.05, 0) is 24.3 Å². The van der Waals surface area contributed by atoms with Gasteiger partial charge >= 0.3 is 0 Å². The van der Waals surface area contributed by atoms with Crippen molar-refractivity contribution < 1.29 is 21.6 Å². The third-order valence-electron chi connectivity index (χ3n) is 2.54. The molecule has 0 saturated carbocycles. The molecule has 0 bridgehead atoms. The molecule has 4 nitrogen and oxygen atoms in total. The third-order valence-corrected chi connectivity index (χ3v) is 3.90. The van der Waals surface area contributed by atoms with E-state index in [2.05, 4.69) is 0 Å². The summed E-state index contributed by atoms with van der Waals surface area (Å²) in [6, 6.07) is 7.23. The largest absolute Gasteiger partial charge is 0.274 e. The summed E-state index contributed by atoms with van der Waals surface area (Å²) >= 11 is 0. The maximum absolute atomic E-state index is 13.4. The Balaban J connectivity index is 2.40. The summed E-state index contributed by atoms with van der Waals surface area (Å²) in [6.07, 6.45) is 0. The van der Waals surface area contributed by atoms with Gasteiger partial charge in [0.15, 0.2) is 11.6 Å². The molecule has 0 amide bonds. The number of sulfonamides is 1. The first-order chi connectivity index (χ1) is 9.83. The predicted octanol–water partition coefficient (Wildman–Crippen LogP) is 2.78. The van der Waals surface area contributed by atoms with Crippen LogP contribution in [0.5, 0.6) is 0 Å². The van der Waals surface area contributed by atoms with E-state index < -0.39 is 33.2 Å². The van der Waals surface area contributed by atoms with Crippen LogP contribution in [0.1, 0.15) is 5.56 Å². The van der Waals surface area contributed by atoms with Gasteiger partial charge in [0, 0.05) is 12.1 Å². The number of hydrogen-bond donors (Lipinski definition) is 1. The molecule has 0 aliphatic rings. The van der Waals surface area contributed by atoms with Crippen LogP contribution in [0, 0.1) is 28.8 Å². The number of halogens is 3. The molecule has 0 aliphatic carbocycles. The molecular weight excluding hydrogens is 305 g/mol. The van der Waals surface area contributed by atoms with Crippen LogP contribution in [0.2, 0.25) is 0 Å². The van der Waals surface area contributed by atoms with Crippen LogP contribution >= 0.6 is 0 Å². The highest BCUT2D eigenvalue weighted by Gasteiger charge is 2.20. The number of nitrogens with one attached hydrogen (secondary N) is 1. The van der Waals surface area contributed by atoms with Crippen molar-refractivity contribution in [1.29, 1.82) is 5.26 Å². The molecule has 0 aromatic heterocycles.